The summed E-state index contributed by atoms with van der Waals surface area (Å²) in [7, 11) is 0. The average molecular weight is 499 g/mol. The molecule has 1 amide bonds. The highest BCUT2D eigenvalue weighted by atomic mass is 32.2. The van der Waals surface area contributed by atoms with Crippen LogP contribution < -0.4 is 5.32 Å². The number of hydrogen-bond acceptors (Lipinski definition) is 5. The van der Waals surface area contributed by atoms with Crippen LogP contribution in [0.15, 0.2) is 65.8 Å². The van der Waals surface area contributed by atoms with Crippen LogP contribution in [0.4, 0.5) is 5.00 Å². The topological polar surface area (TPSA) is 81.6 Å². The van der Waals surface area contributed by atoms with Crippen molar-refractivity contribution in [3.05, 3.63) is 76.7 Å². The summed E-state index contributed by atoms with van der Waals surface area (Å²) >= 11 is 2.99. The Kier molecular flexibility index (Phi) is 7.03. The van der Waals surface area contributed by atoms with Gasteiger partial charge in [0, 0.05) is 16.0 Å². The second kappa shape index (κ2) is 10.5. The number of benzene rings is 2. The van der Waals surface area contributed by atoms with Crippen molar-refractivity contribution in [2.75, 3.05) is 5.32 Å². The Morgan fingerprint density at radius 3 is 2.49 bits per heavy atom. The first kappa shape index (κ1) is 23.4. The summed E-state index contributed by atoms with van der Waals surface area (Å²) in [6.45, 7) is 2.00. The fourth-order valence-corrected chi connectivity index (χ4v) is 6.60. The lowest BCUT2D eigenvalue weighted by Gasteiger charge is -2.12. The lowest BCUT2D eigenvalue weighted by atomic mass is 9.96. The Morgan fingerprint density at radius 2 is 1.80 bits per heavy atom. The predicted molar refractivity (Wildman–Crippen MR) is 144 cm³/mol. The molecule has 2 N–H and O–H groups in total. The maximum Gasteiger partial charge on any atom is 0.238 e. The number of fused-ring (bicyclic) bond motifs is 1. The van der Waals surface area contributed by atoms with Crippen molar-refractivity contribution in [3.63, 3.8) is 0 Å². The van der Waals surface area contributed by atoms with E-state index in [9.17, 15) is 10.1 Å². The molecule has 35 heavy (non-hydrogen) atoms. The minimum atomic E-state index is -0.334. The number of anilines is 1. The zero-order chi connectivity index (χ0) is 24.2. The first-order valence-electron chi connectivity index (χ1n) is 11.9. The number of H-pyrrole nitrogens is 1. The third-order valence-electron chi connectivity index (χ3n) is 6.23. The van der Waals surface area contributed by atoms with E-state index in [0.29, 0.717) is 22.1 Å². The van der Waals surface area contributed by atoms with Crippen LogP contribution in [0.1, 0.15) is 42.2 Å². The number of carbonyl (C=O) groups excluding carboxylic acids is 1. The molecule has 2 aromatic carbocycles. The van der Waals surface area contributed by atoms with Gasteiger partial charge in [-0.3, -0.25) is 4.79 Å². The van der Waals surface area contributed by atoms with Crippen molar-refractivity contribution in [2.45, 2.75) is 49.4 Å². The number of nitrogens with one attached hydrogen (secondary N) is 2. The van der Waals surface area contributed by atoms with Crippen LogP contribution in [-0.4, -0.2) is 21.1 Å². The summed E-state index contributed by atoms with van der Waals surface area (Å²) in [5, 5.41) is 13.9. The molecule has 0 fully saturated rings. The van der Waals surface area contributed by atoms with Crippen molar-refractivity contribution in [3.8, 4) is 28.6 Å². The second-order valence-electron chi connectivity index (χ2n) is 8.53. The molecule has 1 atom stereocenters. The molecule has 0 radical (unpaired) electrons. The Morgan fingerprint density at radius 1 is 1.11 bits per heavy atom. The summed E-state index contributed by atoms with van der Waals surface area (Å²) in [4.78, 5) is 22.9. The van der Waals surface area contributed by atoms with Gasteiger partial charge in [0.2, 0.25) is 5.91 Å². The number of aromatic nitrogens is 2. The number of aromatic amines is 1. The fraction of sp³-hybridized carbons (Fsp3) is 0.250. The molecule has 7 heteroatoms. The van der Waals surface area contributed by atoms with Gasteiger partial charge in [0.15, 0.2) is 5.16 Å². The van der Waals surface area contributed by atoms with Crippen molar-refractivity contribution in [1.82, 2.24) is 9.97 Å². The molecule has 5 rings (SSSR count). The van der Waals surface area contributed by atoms with E-state index < -0.39 is 0 Å². The summed E-state index contributed by atoms with van der Waals surface area (Å²) in [6, 6.07) is 22.5. The number of nitriles is 1. The van der Waals surface area contributed by atoms with Crippen molar-refractivity contribution in [2.24, 2.45) is 0 Å². The molecule has 0 spiro atoms. The van der Waals surface area contributed by atoms with E-state index in [1.54, 1.807) is 11.3 Å². The lowest BCUT2D eigenvalue weighted by molar-refractivity contribution is -0.115. The van der Waals surface area contributed by atoms with Gasteiger partial charge in [-0.15, -0.1) is 11.3 Å². The van der Waals surface area contributed by atoms with Gasteiger partial charge in [0.1, 0.15) is 11.1 Å². The predicted octanol–water partition coefficient (Wildman–Crippen LogP) is 7.07. The molecule has 4 aromatic rings. The zero-order valence-electron chi connectivity index (χ0n) is 19.5. The van der Waals surface area contributed by atoms with E-state index in [4.69, 9.17) is 4.98 Å². The standard InChI is InChI=1S/C28H26N4OS2/c1-2-22(26(33)32-27-21(17-29)20-15-9-10-16-23(20)34-27)35-28-30-24(18-11-5-3-6-12-18)25(31-28)19-13-7-4-8-14-19/h3-8,11-14,22H,2,9-10,15-16H2,1H3,(H,30,31)(H,32,33). The van der Waals surface area contributed by atoms with E-state index in [1.165, 1.54) is 16.6 Å². The van der Waals surface area contributed by atoms with Gasteiger partial charge < -0.3 is 10.3 Å². The molecular weight excluding hydrogens is 472 g/mol. The molecule has 1 unspecified atom stereocenters. The maximum absolute atomic E-state index is 13.3. The maximum atomic E-state index is 13.3. The Bertz CT molecular complexity index is 1310. The molecule has 0 saturated heterocycles. The quantitative estimate of drug-likeness (QED) is 0.267. The fourth-order valence-electron chi connectivity index (χ4n) is 4.45. The van der Waals surface area contributed by atoms with E-state index >= 15 is 0 Å². The van der Waals surface area contributed by atoms with Crippen LogP contribution >= 0.6 is 23.1 Å². The summed E-state index contributed by atoms with van der Waals surface area (Å²) < 4.78 is 0. The Hall–Kier alpha value is -3.34. The normalized spacial score (nSPS) is 13.6. The van der Waals surface area contributed by atoms with Gasteiger partial charge in [-0.2, -0.15) is 5.26 Å². The largest absolute Gasteiger partial charge is 0.332 e. The summed E-state index contributed by atoms with van der Waals surface area (Å²) in [5.74, 6) is -0.0912. The number of nitrogens with zero attached hydrogens (tertiary/aromatic N) is 2. The van der Waals surface area contributed by atoms with E-state index in [-0.39, 0.29) is 11.2 Å². The monoisotopic (exact) mass is 498 g/mol. The Balaban J connectivity index is 1.41. The van der Waals surface area contributed by atoms with Crippen molar-refractivity contribution in [1.29, 1.82) is 5.26 Å². The smallest absolute Gasteiger partial charge is 0.238 e. The Labute approximate surface area is 213 Å². The van der Waals surface area contributed by atoms with Crippen LogP contribution in [0.3, 0.4) is 0 Å². The van der Waals surface area contributed by atoms with Crippen LogP contribution in [0.25, 0.3) is 22.5 Å². The number of aryl methyl sites for hydroxylation is 1. The lowest BCUT2D eigenvalue weighted by Crippen LogP contribution is -2.24. The first-order valence-corrected chi connectivity index (χ1v) is 13.6. The van der Waals surface area contributed by atoms with Crippen molar-refractivity contribution >= 4 is 34.0 Å². The first-order chi connectivity index (χ1) is 17.2. The number of imidazole rings is 1. The highest BCUT2D eigenvalue weighted by molar-refractivity contribution is 8.00. The van der Waals surface area contributed by atoms with Crippen LogP contribution in [0.2, 0.25) is 0 Å². The van der Waals surface area contributed by atoms with Crippen LogP contribution in [0, 0.1) is 11.3 Å². The molecule has 0 bridgehead atoms. The number of hydrogen-bond donors (Lipinski definition) is 2. The summed E-state index contributed by atoms with van der Waals surface area (Å²) in [5.41, 5.74) is 5.65. The highest BCUT2D eigenvalue weighted by Gasteiger charge is 2.26. The van der Waals surface area contributed by atoms with E-state index in [0.717, 1.165) is 53.8 Å². The molecule has 5 nitrogen and oxygen atoms in total. The molecule has 1 aliphatic rings. The number of rotatable bonds is 7. The molecule has 2 heterocycles. The second-order valence-corrected chi connectivity index (χ2v) is 10.8. The average Bonchev–Trinajstić information content (AvgIpc) is 3.49. The van der Waals surface area contributed by atoms with Gasteiger partial charge in [0.25, 0.3) is 0 Å². The highest BCUT2D eigenvalue weighted by Crippen LogP contribution is 2.39. The molecule has 176 valence electrons. The SMILES string of the molecule is CCC(Sc1nc(-c2ccccc2)c(-c2ccccc2)[nH]1)C(=O)Nc1sc2c(c1C#N)CCCC2. The van der Waals surface area contributed by atoms with Gasteiger partial charge in [-0.05, 0) is 37.7 Å². The van der Waals surface area contributed by atoms with Crippen LogP contribution in [-0.2, 0) is 17.6 Å². The van der Waals surface area contributed by atoms with Gasteiger partial charge >= 0.3 is 0 Å². The van der Waals surface area contributed by atoms with E-state index in [1.807, 2.05) is 55.5 Å². The minimum Gasteiger partial charge on any atom is -0.332 e. The van der Waals surface area contributed by atoms with Crippen molar-refractivity contribution < 1.29 is 4.79 Å². The third-order valence-corrected chi connectivity index (χ3v) is 8.68. The van der Waals surface area contributed by atoms with Gasteiger partial charge in [0.05, 0.1) is 22.2 Å². The number of amides is 1. The molecule has 2 aromatic heterocycles. The van der Waals surface area contributed by atoms with E-state index in [2.05, 4.69) is 28.5 Å². The molecule has 0 saturated carbocycles. The number of thiophene rings is 1. The summed E-state index contributed by atoms with van der Waals surface area (Å²) in [6.07, 6.45) is 4.81. The molecule has 0 aliphatic heterocycles. The zero-order valence-corrected chi connectivity index (χ0v) is 21.1. The van der Waals surface area contributed by atoms with Gasteiger partial charge in [-0.1, -0.05) is 79.3 Å². The minimum absolute atomic E-state index is 0.0912. The number of carbonyl (C=O) groups is 1. The number of thioether (sulfide) groups is 1. The van der Waals surface area contributed by atoms with Gasteiger partial charge in [-0.25, -0.2) is 4.98 Å². The van der Waals surface area contributed by atoms with Crippen LogP contribution in [0.5, 0.6) is 0 Å². The molecular formula is C28H26N4OS2. The third kappa shape index (κ3) is 4.90. The molecule has 1 aliphatic carbocycles.